The minimum Gasteiger partial charge on any atom is -0.507 e. The van der Waals surface area contributed by atoms with Gasteiger partial charge in [-0.1, -0.05) is 68.3 Å². The number of aromatic hydroxyl groups is 1. The number of rotatable bonds is 11. The number of carbonyl (C=O) groups is 2. The normalized spacial score (nSPS) is 24.8. The van der Waals surface area contributed by atoms with Crippen molar-refractivity contribution in [3.05, 3.63) is 76.9 Å². The lowest BCUT2D eigenvalue weighted by molar-refractivity contribution is -0.140. The molecule has 0 aromatic heterocycles. The van der Waals surface area contributed by atoms with E-state index in [1.165, 1.54) is 16.0 Å². The summed E-state index contributed by atoms with van der Waals surface area (Å²) >= 11 is 0. The molecule has 0 saturated carbocycles. The minimum atomic E-state index is -0.337. The van der Waals surface area contributed by atoms with E-state index >= 15 is 0 Å². The highest BCUT2D eigenvalue weighted by Gasteiger charge is 2.56. The topological polar surface area (TPSA) is 76.1 Å². The molecule has 2 aromatic rings. The summed E-state index contributed by atoms with van der Waals surface area (Å²) in [6.07, 6.45) is 6.86. The number of nitrogens with zero attached hydrogens (tertiary/aromatic N) is 1. The Balaban J connectivity index is 1.41. The standard InChI is InChI=1S/C33H39NO5/c1-3-10-22(18-23-11-8-9-14-28(23)35)15-16-29-30-24(20-38-25-12-6-5-7-13-25)19-26-31(27(30)21-39-29)33(37)34(17-4-2)32(26)36/h5-9,11-14,18,26-27,29,31,35H,3-4,10,15-17,19-21H2,1-2H3/b22-18+/t26-,27+,29-,31-/m1/s1. The number of phenolic OH excluding ortho intramolecular Hbond substituents is 1. The van der Waals surface area contributed by atoms with Gasteiger partial charge in [-0.25, -0.2) is 0 Å². The number of para-hydroxylation sites is 2. The van der Waals surface area contributed by atoms with E-state index in [0.717, 1.165) is 49.0 Å². The van der Waals surface area contributed by atoms with E-state index in [0.29, 0.717) is 26.2 Å². The molecular weight excluding hydrogens is 490 g/mol. The van der Waals surface area contributed by atoms with Crippen LogP contribution in [0.4, 0.5) is 0 Å². The number of hydrogen-bond donors (Lipinski definition) is 1. The molecule has 39 heavy (non-hydrogen) atoms. The molecule has 2 amide bonds. The summed E-state index contributed by atoms with van der Waals surface area (Å²) in [4.78, 5) is 28.2. The fraction of sp³-hybridized carbons (Fsp3) is 0.455. The molecule has 2 saturated heterocycles. The van der Waals surface area contributed by atoms with E-state index in [1.54, 1.807) is 6.07 Å². The monoisotopic (exact) mass is 529 g/mol. The molecular formula is C33H39NO5. The second kappa shape index (κ2) is 12.2. The van der Waals surface area contributed by atoms with Crippen LogP contribution in [0.2, 0.25) is 0 Å². The second-order valence-electron chi connectivity index (χ2n) is 10.9. The van der Waals surface area contributed by atoms with E-state index in [-0.39, 0.29) is 41.4 Å². The third-order valence-corrected chi connectivity index (χ3v) is 8.30. The summed E-state index contributed by atoms with van der Waals surface area (Å²) in [5, 5.41) is 10.3. The van der Waals surface area contributed by atoms with Crippen LogP contribution in [0.1, 0.15) is 57.9 Å². The molecule has 1 aliphatic carbocycles. The summed E-state index contributed by atoms with van der Waals surface area (Å²) in [6, 6.07) is 17.1. The number of ether oxygens (including phenoxy) is 2. The number of imide groups is 1. The Morgan fingerprint density at radius 3 is 2.51 bits per heavy atom. The Hall–Kier alpha value is -3.38. The number of allylic oxidation sites excluding steroid dienone is 1. The Labute approximate surface area is 231 Å². The highest BCUT2D eigenvalue weighted by molar-refractivity contribution is 6.06. The predicted molar refractivity (Wildman–Crippen MR) is 151 cm³/mol. The molecule has 6 nitrogen and oxygen atoms in total. The molecule has 6 heteroatoms. The quantitative estimate of drug-likeness (QED) is 0.279. The molecule has 2 fully saturated rings. The number of fused-ring (bicyclic) bond motifs is 3. The maximum atomic E-state index is 13.4. The first kappa shape index (κ1) is 27.2. The van der Waals surface area contributed by atoms with Crippen molar-refractivity contribution < 1.29 is 24.2 Å². The predicted octanol–water partition coefficient (Wildman–Crippen LogP) is 6.16. The average molecular weight is 530 g/mol. The lowest BCUT2D eigenvalue weighted by atomic mass is 9.69. The lowest BCUT2D eigenvalue weighted by Crippen LogP contribution is -2.35. The van der Waals surface area contributed by atoms with Crippen LogP contribution in [0.5, 0.6) is 11.5 Å². The maximum absolute atomic E-state index is 13.4. The summed E-state index contributed by atoms with van der Waals surface area (Å²) in [5.41, 5.74) is 4.37. The lowest BCUT2D eigenvalue weighted by Gasteiger charge is -2.32. The number of hydrogen-bond acceptors (Lipinski definition) is 5. The first-order valence-corrected chi connectivity index (χ1v) is 14.4. The zero-order valence-corrected chi connectivity index (χ0v) is 23.0. The minimum absolute atomic E-state index is 0.0345. The van der Waals surface area contributed by atoms with Crippen LogP contribution in [0.3, 0.4) is 0 Å². The largest absolute Gasteiger partial charge is 0.507 e. The Kier molecular flexibility index (Phi) is 8.51. The van der Waals surface area contributed by atoms with Gasteiger partial charge in [0.2, 0.25) is 11.8 Å². The van der Waals surface area contributed by atoms with Crippen molar-refractivity contribution in [3.63, 3.8) is 0 Å². The molecule has 206 valence electrons. The van der Waals surface area contributed by atoms with Crippen LogP contribution < -0.4 is 4.74 Å². The van der Waals surface area contributed by atoms with Crippen molar-refractivity contribution in [2.45, 2.75) is 58.5 Å². The fourth-order valence-electron chi connectivity index (χ4n) is 6.54. The summed E-state index contributed by atoms with van der Waals surface area (Å²) < 4.78 is 12.6. The molecule has 0 spiro atoms. The average Bonchev–Trinajstić information content (AvgIpc) is 3.47. The molecule has 0 radical (unpaired) electrons. The smallest absolute Gasteiger partial charge is 0.233 e. The van der Waals surface area contributed by atoms with E-state index in [2.05, 4.69) is 13.0 Å². The first-order chi connectivity index (χ1) is 19.0. The summed E-state index contributed by atoms with van der Waals surface area (Å²) in [5.74, 6) is 0.249. The zero-order chi connectivity index (χ0) is 27.4. The van der Waals surface area contributed by atoms with Gasteiger partial charge in [-0.2, -0.15) is 0 Å². The van der Waals surface area contributed by atoms with Gasteiger partial charge in [-0.15, -0.1) is 0 Å². The van der Waals surface area contributed by atoms with E-state index in [4.69, 9.17) is 9.47 Å². The van der Waals surface area contributed by atoms with E-state index < -0.39 is 0 Å². The highest BCUT2D eigenvalue weighted by atomic mass is 16.5. The van der Waals surface area contributed by atoms with Gasteiger partial charge in [0.1, 0.15) is 18.1 Å². The van der Waals surface area contributed by atoms with Gasteiger partial charge < -0.3 is 14.6 Å². The molecule has 2 aromatic carbocycles. The van der Waals surface area contributed by atoms with Gasteiger partial charge in [0.15, 0.2) is 0 Å². The molecule has 0 unspecified atom stereocenters. The van der Waals surface area contributed by atoms with Gasteiger partial charge in [0, 0.05) is 18.0 Å². The van der Waals surface area contributed by atoms with Crippen LogP contribution in [0.15, 0.2) is 71.3 Å². The van der Waals surface area contributed by atoms with Gasteiger partial charge in [-0.05, 0) is 61.4 Å². The third kappa shape index (κ3) is 5.67. The van der Waals surface area contributed by atoms with Gasteiger partial charge in [-0.3, -0.25) is 14.5 Å². The third-order valence-electron chi connectivity index (χ3n) is 8.30. The van der Waals surface area contributed by atoms with Crippen molar-refractivity contribution in [1.29, 1.82) is 0 Å². The van der Waals surface area contributed by atoms with E-state index in [9.17, 15) is 14.7 Å². The maximum Gasteiger partial charge on any atom is 0.233 e. The van der Waals surface area contributed by atoms with Gasteiger partial charge in [0.05, 0.1) is 24.5 Å². The molecule has 0 bridgehead atoms. The molecule has 2 heterocycles. The SMILES string of the molecule is CCC/C(=C\c1ccccc1O)CC[C@H]1OC[C@H]2C1=C(COc1ccccc1)C[C@H]1C(=O)N(CCC)C(=O)[C@H]12. The number of carbonyl (C=O) groups excluding carboxylic acids is 2. The van der Waals surface area contributed by atoms with Crippen molar-refractivity contribution in [1.82, 2.24) is 4.90 Å². The highest BCUT2D eigenvalue weighted by Crippen LogP contribution is 2.50. The van der Waals surface area contributed by atoms with Crippen molar-refractivity contribution in [2.75, 3.05) is 19.8 Å². The van der Waals surface area contributed by atoms with Crippen molar-refractivity contribution in [2.24, 2.45) is 17.8 Å². The van der Waals surface area contributed by atoms with Crippen LogP contribution in [0, 0.1) is 17.8 Å². The molecule has 2 aliphatic heterocycles. The summed E-state index contributed by atoms with van der Waals surface area (Å²) in [7, 11) is 0. The number of benzene rings is 2. The fourth-order valence-corrected chi connectivity index (χ4v) is 6.54. The zero-order valence-electron chi connectivity index (χ0n) is 23.0. The summed E-state index contributed by atoms with van der Waals surface area (Å²) in [6.45, 7) is 5.49. The Bertz CT molecular complexity index is 1250. The van der Waals surface area contributed by atoms with Gasteiger partial charge >= 0.3 is 0 Å². The van der Waals surface area contributed by atoms with Crippen LogP contribution in [0.25, 0.3) is 6.08 Å². The van der Waals surface area contributed by atoms with Crippen LogP contribution in [-0.4, -0.2) is 47.7 Å². The number of likely N-dealkylation sites (tertiary alicyclic amines) is 1. The van der Waals surface area contributed by atoms with Crippen molar-refractivity contribution >= 4 is 17.9 Å². The molecule has 3 aliphatic rings. The molecule has 4 atom stereocenters. The van der Waals surface area contributed by atoms with Crippen LogP contribution in [-0.2, 0) is 14.3 Å². The van der Waals surface area contributed by atoms with E-state index in [1.807, 2.05) is 55.5 Å². The Morgan fingerprint density at radius 1 is 1.00 bits per heavy atom. The molecule has 5 rings (SSSR count). The second-order valence-corrected chi connectivity index (χ2v) is 10.9. The van der Waals surface area contributed by atoms with Gasteiger partial charge in [0.25, 0.3) is 0 Å². The Morgan fingerprint density at radius 2 is 1.77 bits per heavy atom. The first-order valence-electron chi connectivity index (χ1n) is 14.4. The molecule has 1 N–H and O–H groups in total. The van der Waals surface area contributed by atoms with Crippen molar-refractivity contribution in [3.8, 4) is 11.5 Å². The number of phenols is 1. The number of amides is 2. The van der Waals surface area contributed by atoms with Crippen LogP contribution >= 0.6 is 0 Å².